The van der Waals surface area contributed by atoms with E-state index < -0.39 is 0 Å². The van der Waals surface area contributed by atoms with Crippen molar-refractivity contribution < 1.29 is 0 Å². The molecule has 0 heterocycles. The molecule has 0 spiro atoms. The molecule has 0 saturated carbocycles. The molecule has 0 saturated heterocycles. The second-order valence-electron chi connectivity index (χ2n) is 16.5. The van der Waals surface area contributed by atoms with E-state index in [9.17, 15) is 0 Å². The van der Waals surface area contributed by atoms with Crippen molar-refractivity contribution >= 4 is 112 Å². The van der Waals surface area contributed by atoms with Gasteiger partial charge < -0.3 is 0 Å². The summed E-state index contributed by atoms with van der Waals surface area (Å²) in [6.07, 6.45) is 2.69. The minimum atomic E-state index is 0.251. The van der Waals surface area contributed by atoms with Gasteiger partial charge in [0.2, 0.25) is 0 Å². The summed E-state index contributed by atoms with van der Waals surface area (Å²) in [4.78, 5) is 0. The average Bonchev–Trinajstić information content (AvgIpc) is 3.88. The lowest BCUT2D eigenvalue weighted by Gasteiger charge is -2.26. The second kappa shape index (κ2) is 12.1. The molecule has 0 radical (unpaired) electrons. The highest BCUT2D eigenvalue weighted by molar-refractivity contribution is 9.11. The zero-order valence-corrected chi connectivity index (χ0v) is 35.6. The first kappa shape index (κ1) is 33.2. The molecule has 3 heteroatoms. The van der Waals surface area contributed by atoms with Gasteiger partial charge in [-0.15, -0.1) is 0 Å². The van der Waals surface area contributed by atoms with E-state index in [0.717, 1.165) is 19.3 Å². The third kappa shape index (κ3) is 4.49. The van der Waals surface area contributed by atoms with Gasteiger partial charge in [0.1, 0.15) is 0 Å². The van der Waals surface area contributed by atoms with E-state index in [2.05, 4.69) is 193 Å². The van der Waals surface area contributed by atoms with Crippen LogP contribution in [-0.4, -0.2) is 0 Å². The van der Waals surface area contributed by atoms with Crippen LogP contribution < -0.4 is 0 Å². The van der Waals surface area contributed by atoms with Gasteiger partial charge >= 0.3 is 0 Å². The van der Waals surface area contributed by atoms with Crippen molar-refractivity contribution in [3.63, 3.8) is 0 Å². The highest BCUT2D eigenvalue weighted by Crippen LogP contribution is 2.54. The zero-order chi connectivity index (χ0) is 37.7. The monoisotopic (exact) mass is 918 g/mol. The number of rotatable bonds is 6. The molecule has 0 unspecified atom stereocenters. The zero-order valence-electron chi connectivity index (χ0n) is 30.8. The Morgan fingerprint density at radius 2 is 0.456 bits per heavy atom. The minimum absolute atomic E-state index is 0.251. The van der Waals surface area contributed by atoms with Crippen LogP contribution in [-0.2, 0) is 19.3 Å². The molecule has 10 aromatic rings. The quantitative estimate of drug-likeness (QED) is 0.146. The van der Waals surface area contributed by atoms with E-state index in [0.29, 0.717) is 0 Å². The fourth-order valence-electron chi connectivity index (χ4n) is 11.5. The van der Waals surface area contributed by atoms with E-state index in [-0.39, 0.29) is 17.8 Å². The third-order valence-electron chi connectivity index (χ3n) is 13.9. The summed E-state index contributed by atoms with van der Waals surface area (Å²) >= 11 is 13.1. The van der Waals surface area contributed by atoms with Crippen LogP contribution in [0.1, 0.15) is 67.8 Å². The highest BCUT2D eigenvalue weighted by atomic mass is 79.9. The lowest BCUT2D eigenvalue weighted by Crippen LogP contribution is -2.12. The molecule has 0 atom stereocenters. The van der Waals surface area contributed by atoms with Crippen molar-refractivity contribution in [2.45, 2.75) is 37.0 Å². The molecule has 0 N–H and O–H groups in total. The molecule has 10 aromatic carbocycles. The van der Waals surface area contributed by atoms with Crippen LogP contribution in [0.2, 0.25) is 0 Å². The normalized spacial score (nSPS) is 14.6. The van der Waals surface area contributed by atoms with E-state index in [4.69, 9.17) is 0 Å². The maximum Gasteiger partial charge on any atom is 0.0262 e. The summed E-state index contributed by atoms with van der Waals surface area (Å²) in [5.74, 6) is 0.752. The van der Waals surface area contributed by atoms with Gasteiger partial charge in [0.15, 0.2) is 0 Å². The van der Waals surface area contributed by atoms with Crippen LogP contribution in [0, 0.1) is 0 Å². The molecule has 3 aliphatic rings. The molecule has 13 rings (SSSR count). The van der Waals surface area contributed by atoms with Gasteiger partial charge in [-0.3, -0.25) is 0 Å². The fourth-order valence-corrected chi connectivity index (χ4v) is 14.5. The lowest BCUT2D eigenvalue weighted by atomic mass is 9.83. The van der Waals surface area contributed by atoms with Crippen molar-refractivity contribution in [1.29, 1.82) is 0 Å². The van der Waals surface area contributed by atoms with Crippen LogP contribution in [0.3, 0.4) is 0 Å². The van der Waals surface area contributed by atoms with Crippen LogP contribution >= 0.6 is 47.8 Å². The first-order valence-electron chi connectivity index (χ1n) is 20.0. The summed E-state index contributed by atoms with van der Waals surface area (Å²) in [5.41, 5.74) is 12.7. The van der Waals surface area contributed by atoms with Crippen LogP contribution in [0.4, 0.5) is 0 Å². The molecule has 270 valence electrons. The predicted molar refractivity (Wildman–Crippen MR) is 251 cm³/mol. The van der Waals surface area contributed by atoms with Gasteiger partial charge in [0.05, 0.1) is 0 Å². The Kier molecular flexibility index (Phi) is 7.06. The molecule has 0 aromatic heterocycles. The largest absolute Gasteiger partial charge is 0.0613 e. The maximum absolute atomic E-state index is 4.37. The average molecular weight is 922 g/mol. The van der Waals surface area contributed by atoms with Gasteiger partial charge in [0, 0.05) is 31.2 Å². The molecule has 0 fully saturated rings. The number of hydrogen-bond acceptors (Lipinski definition) is 0. The topological polar surface area (TPSA) is 0 Å². The Hall–Kier alpha value is -4.80. The van der Waals surface area contributed by atoms with E-state index in [1.54, 1.807) is 0 Å². The summed E-state index contributed by atoms with van der Waals surface area (Å²) in [6.45, 7) is 0. The second-order valence-corrected chi connectivity index (χ2v) is 18.9. The van der Waals surface area contributed by atoms with Crippen molar-refractivity contribution in [2.75, 3.05) is 0 Å². The van der Waals surface area contributed by atoms with Gasteiger partial charge in [-0.1, -0.05) is 193 Å². The summed E-state index contributed by atoms with van der Waals surface area (Å²) in [5, 5.41) is 16.5. The molecular weight excluding hydrogens is 888 g/mol. The summed E-state index contributed by atoms with van der Waals surface area (Å²) in [7, 11) is 0. The van der Waals surface area contributed by atoms with Crippen LogP contribution in [0.5, 0.6) is 0 Å². The summed E-state index contributed by atoms with van der Waals surface area (Å²) in [6, 6.07) is 55.3. The van der Waals surface area contributed by atoms with Gasteiger partial charge in [-0.05, 0) is 134 Å². The number of halogens is 3. The smallest absolute Gasteiger partial charge is 0.0262 e. The first-order chi connectivity index (χ1) is 28.0. The van der Waals surface area contributed by atoms with Gasteiger partial charge in [-0.25, -0.2) is 0 Å². The van der Waals surface area contributed by atoms with Crippen LogP contribution in [0.15, 0.2) is 159 Å². The highest BCUT2D eigenvalue weighted by Gasteiger charge is 2.35. The van der Waals surface area contributed by atoms with Crippen molar-refractivity contribution in [2.24, 2.45) is 0 Å². The molecule has 0 bridgehead atoms. The Morgan fingerprint density at radius 3 is 0.649 bits per heavy atom. The third-order valence-corrected chi connectivity index (χ3v) is 16.8. The maximum atomic E-state index is 4.37. The first-order valence-corrected chi connectivity index (χ1v) is 22.4. The van der Waals surface area contributed by atoms with Crippen molar-refractivity contribution in [3.8, 4) is 0 Å². The molecule has 0 aliphatic heterocycles. The molecule has 0 nitrogen and oxygen atoms in total. The van der Waals surface area contributed by atoms with E-state index >= 15 is 0 Å². The standard InChI is InChI=1S/C54H33Br3/c55-52-43(25-40-34-13-1-7-28-19-20-29-8-2-14-35(40)47(29)46(28)34)53(56)45(27-42-38-17-5-11-32-23-24-33-12-6-18-39(42)51(33)50(32)38)54(57)44(52)26-41-36-15-3-9-30-21-22-31-10-4-16-37(41)49(31)48(30)36/h1-24,40-42H,25-27H2. The number of benzene rings is 10. The SMILES string of the molecule is Brc1c(CC2c3cccc4ccc5cccc2c5c34)c(Br)c(CC2c3cccc4ccc5cccc2c5c34)c(Br)c1CC1c2cccc3ccc4cccc1c4c23. The van der Waals surface area contributed by atoms with E-state index in [1.807, 2.05) is 0 Å². The Bertz CT molecular complexity index is 2880. The minimum Gasteiger partial charge on any atom is -0.0613 e. The van der Waals surface area contributed by atoms with Crippen LogP contribution in [0.25, 0.3) is 64.6 Å². The van der Waals surface area contributed by atoms with Crippen molar-refractivity contribution in [1.82, 2.24) is 0 Å². The molecular formula is C54H33Br3. The molecule has 57 heavy (non-hydrogen) atoms. The Morgan fingerprint density at radius 1 is 0.263 bits per heavy atom. The van der Waals surface area contributed by atoms with Gasteiger partial charge in [0.25, 0.3) is 0 Å². The van der Waals surface area contributed by atoms with Gasteiger partial charge in [-0.2, -0.15) is 0 Å². The molecule has 3 aliphatic carbocycles. The Balaban J connectivity index is 1.02. The number of hydrogen-bond donors (Lipinski definition) is 0. The molecule has 0 amide bonds. The predicted octanol–water partition coefficient (Wildman–Crippen LogP) is 16.0. The van der Waals surface area contributed by atoms with Crippen molar-refractivity contribution in [3.05, 3.63) is 209 Å². The van der Waals surface area contributed by atoms with E-state index in [1.165, 1.54) is 128 Å². The fraction of sp³-hybridized carbons (Fsp3) is 0.111. The Labute approximate surface area is 355 Å². The lowest BCUT2D eigenvalue weighted by molar-refractivity contribution is 0.776. The summed E-state index contributed by atoms with van der Waals surface area (Å²) < 4.78 is 3.65.